The van der Waals surface area contributed by atoms with Gasteiger partial charge in [-0.15, -0.1) is 11.3 Å². The summed E-state index contributed by atoms with van der Waals surface area (Å²) < 4.78 is 27.2. The van der Waals surface area contributed by atoms with Gasteiger partial charge in [0.15, 0.2) is 0 Å². The quantitative estimate of drug-likeness (QED) is 0.856. The molecule has 20 heavy (non-hydrogen) atoms. The fraction of sp³-hybridized carbons (Fsp3) is 0.231. The maximum Gasteiger partial charge on any atom is 0.250 e. The Hall–Kier alpha value is -0.920. The smallest absolute Gasteiger partial charge is 0.250 e. The van der Waals surface area contributed by atoms with E-state index in [1.807, 2.05) is 24.6 Å². The fourth-order valence-corrected chi connectivity index (χ4v) is 4.14. The van der Waals surface area contributed by atoms with Gasteiger partial charge in [0.05, 0.1) is 0 Å². The first-order valence-electron chi connectivity index (χ1n) is 5.98. The van der Waals surface area contributed by atoms with E-state index in [1.54, 1.807) is 18.2 Å². The summed E-state index contributed by atoms with van der Waals surface area (Å²) in [7, 11) is -1.67. The van der Waals surface area contributed by atoms with Gasteiger partial charge in [0.2, 0.25) is 10.0 Å². The van der Waals surface area contributed by atoms with Gasteiger partial charge in [0.1, 0.15) is 4.21 Å². The maximum absolute atomic E-state index is 12.2. The van der Waals surface area contributed by atoms with E-state index in [0.717, 1.165) is 11.1 Å². The zero-order chi connectivity index (χ0) is 14.6. The van der Waals surface area contributed by atoms with Gasteiger partial charge in [-0.2, -0.15) is 0 Å². The SMILES string of the molecule is CNCc1csc(S(=O)(=O)NCc2ccccc2Cl)c1. The van der Waals surface area contributed by atoms with Crippen molar-refractivity contribution in [2.75, 3.05) is 7.05 Å². The number of thiophene rings is 1. The molecule has 2 N–H and O–H groups in total. The van der Waals surface area contributed by atoms with Crippen LogP contribution in [0, 0.1) is 0 Å². The Morgan fingerprint density at radius 2 is 2.00 bits per heavy atom. The van der Waals surface area contributed by atoms with Crippen LogP contribution in [-0.2, 0) is 23.1 Å². The molecule has 0 aliphatic carbocycles. The molecular formula is C13H15ClN2O2S2. The van der Waals surface area contributed by atoms with E-state index in [-0.39, 0.29) is 6.54 Å². The highest BCUT2D eigenvalue weighted by Gasteiger charge is 2.16. The maximum atomic E-state index is 12.2. The van der Waals surface area contributed by atoms with Gasteiger partial charge in [0, 0.05) is 18.1 Å². The fourth-order valence-electron chi connectivity index (χ4n) is 1.68. The van der Waals surface area contributed by atoms with E-state index in [4.69, 9.17) is 11.6 Å². The molecule has 0 aliphatic rings. The standard InChI is InChI=1S/C13H15ClN2O2S2/c1-15-7-10-6-13(19-9-10)20(17,18)16-8-11-4-2-3-5-12(11)14/h2-6,9,15-16H,7-8H2,1H3. The summed E-state index contributed by atoms with van der Waals surface area (Å²) in [4.78, 5) is 0. The normalized spacial score (nSPS) is 11.7. The molecule has 0 saturated carbocycles. The van der Waals surface area contributed by atoms with E-state index < -0.39 is 10.0 Å². The molecule has 0 fully saturated rings. The van der Waals surface area contributed by atoms with Crippen molar-refractivity contribution in [2.45, 2.75) is 17.3 Å². The van der Waals surface area contributed by atoms with E-state index in [0.29, 0.717) is 15.8 Å². The van der Waals surface area contributed by atoms with Crippen LogP contribution in [0.15, 0.2) is 39.9 Å². The van der Waals surface area contributed by atoms with Crippen molar-refractivity contribution in [2.24, 2.45) is 0 Å². The van der Waals surface area contributed by atoms with Crippen LogP contribution >= 0.6 is 22.9 Å². The van der Waals surface area contributed by atoms with Crippen molar-refractivity contribution < 1.29 is 8.42 Å². The molecule has 0 atom stereocenters. The molecule has 7 heteroatoms. The third-order valence-corrected chi connectivity index (χ3v) is 5.94. The first-order valence-corrected chi connectivity index (χ1v) is 8.72. The Balaban J connectivity index is 2.09. The molecule has 108 valence electrons. The Morgan fingerprint density at radius 3 is 2.70 bits per heavy atom. The molecule has 0 radical (unpaired) electrons. The summed E-state index contributed by atoms with van der Waals surface area (Å²) >= 11 is 7.22. The van der Waals surface area contributed by atoms with Crippen LogP contribution < -0.4 is 10.0 Å². The number of hydrogen-bond donors (Lipinski definition) is 2. The summed E-state index contributed by atoms with van der Waals surface area (Å²) in [6, 6.07) is 8.85. The highest BCUT2D eigenvalue weighted by atomic mass is 35.5. The summed E-state index contributed by atoms with van der Waals surface area (Å²) in [6.45, 7) is 0.831. The van der Waals surface area contributed by atoms with E-state index >= 15 is 0 Å². The molecule has 4 nitrogen and oxygen atoms in total. The lowest BCUT2D eigenvalue weighted by atomic mass is 10.2. The van der Waals surface area contributed by atoms with Gasteiger partial charge in [-0.3, -0.25) is 0 Å². The largest absolute Gasteiger partial charge is 0.316 e. The summed E-state index contributed by atoms with van der Waals surface area (Å²) in [5.41, 5.74) is 1.71. The number of sulfonamides is 1. The lowest BCUT2D eigenvalue weighted by Crippen LogP contribution is -2.22. The second-order valence-electron chi connectivity index (χ2n) is 4.22. The van der Waals surface area contributed by atoms with E-state index in [9.17, 15) is 8.42 Å². The minimum absolute atomic E-state index is 0.182. The van der Waals surface area contributed by atoms with Crippen LogP contribution in [0.4, 0.5) is 0 Å². The van der Waals surface area contributed by atoms with Gasteiger partial charge < -0.3 is 5.32 Å². The molecule has 1 aromatic carbocycles. The molecular weight excluding hydrogens is 316 g/mol. The lowest BCUT2D eigenvalue weighted by molar-refractivity contribution is 0.583. The zero-order valence-electron chi connectivity index (χ0n) is 10.9. The van der Waals surface area contributed by atoms with Crippen LogP contribution in [0.2, 0.25) is 5.02 Å². The van der Waals surface area contributed by atoms with Crippen molar-refractivity contribution >= 4 is 33.0 Å². The average Bonchev–Trinajstić information content (AvgIpc) is 2.88. The zero-order valence-corrected chi connectivity index (χ0v) is 13.3. The number of rotatable bonds is 6. The number of hydrogen-bond acceptors (Lipinski definition) is 4. The second-order valence-corrected chi connectivity index (χ2v) is 7.53. The number of benzene rings is 1. The van der Waals surface area contributed by atoms with Crippen LogP contribution in [0.1, 0.15) is 11.1 Å². The van der Waals surface area contributed by atoms with Crippen molar-refractivity contribution in [3.8, 4) is 0 Å². The predicted octanol–water partition coefficient (Wildman–Crippen LogP) is 2.60. The van der Waals surface area contributed by atoms with Crippen LogP contribution in [0.3, 0.4) is 0 Å². The van der Waals surface area contributed by atoms with E-state index in [2.05, 4.69) is 10.0 Å². The van der Waals surface area contributed by atoms with Gasteiger partial charge in [-0.05, 0) is 35.7 Å². The predicted molar refractivity (Wildman–Crippen MR) is 82.6 cm³/mol. The van der Waals surface area contributed by atoms with Crippen molar-refractivity contribution in [3.63, 3.8) is 0 Å². The highest BCUT2D eigenvalue weighted by molar-refractivity contribution is 7.91. The van der Waals surface area contributed by atoms with Gasteiger partial charge in [-0.25, -0.2) is 13.1 Å². The third-order valence-electron chi connectivity index (χ3n) is 2.69. The molecule has 0 saturated heterocycles. The Labute approximate surface area is 127 Å². The van der Waals surface area contributed by atoms with E-state index in [1.165, 1.54) is 11.3 Å². The summed E-state index contributed by atoms with van der Waals surface area (Å²) in [5, 5.41) is 5.37. The Bertz CT molecular complexity index is 683. The van der Waals surface area contributed by atoms with Crippen LogP contribution in [0.5, 0.6) is 0 Å². The highest BCUT2D eigenvalue weighted by Crippen LogP contribution is 2.21. The topological polar surface area (TPSA) is 58.2 Å². The van der Waals surface area contributed by atoms with Gasteiger partial charge in [-0.1, -0.05) is 29.8 Å². The minimum atomic E-state index is -3.49. The molecule has 1 heterocycles. The summed E-state index contributed by atoms with van der Waals surface area (Å²) in [5.74, 6) is 0. The molecule has 0 spiro atoms. The van der Waals surface area contributed by atoms with Crippen LogP contribution in [-0.4, -0.2) is 15.5 Å². The van der Waals surface area contributed by atoms with Crippen LogP contribution in [0.25, 0.3) is 0 Å². The third kappa shape index (κ3) is 3.80. The molecule has 2 rings (SSSR count). The van der Waals surface area contributed by atoms with Crippen molar-refractivity contribution in [1.82, 2.24) is 10.0 Å². The lowest BCUT2D eigenvalue weighted by Gasteiger charge is -2.06. The first kappa shape index (κ1) is 15.5. The van der Waals surface area contributed by atoms with Gasteiger partial charge in [0.25, 0.3) is 0 Å². The minimum Gasteiger partial charge on any atom is -0.316 e. The molecule has 0 amide bonds. The van der Waals surface area contributed by atoms with Crippen molar-refractivity contribution in [1.29, 1.82) is 0 Å². The second kappa shape index (κ2) is 6.69. The molecule has 0 bridgehead atoms. The number of nitrogens with one attached hydrogen (secondary N) is 2. The summed E-state index contributed by atoms with van der Waals surface area (Å²) in [6.07, 6.45) is 0. The average molecular weight is 331 g/mol. The molecule has 0 aliphatic heterocycles. The monoisotopic (exact) mass is 330 g/mol. The Morgan fingerprint density at radius 1 is 1.25 bits per heavy atom. The molecule has 2 aromatic rings. The Kier molecular flexibility index (Phi) is 5.17. The molecule has 1 aromatic heterocycles. The van der Waals surface area contributed by atoms with Crippen molar-refractivity contribution in [3.05, 3.63) is 51.9 Å². The first-order chi connectivity index (χ1) is 9.53. The number of halogens is 1. The van der Waals surface area contributed by atoms with Gasteiger partial charge >= 0.3 is 0 Å². The molecule has 0 unspecified atom stereocenters.